The van der Waals surface area contributed by atoms with Crippen LogP contribution in [0, 0.1) is 12.8 Å². The second kappa shape index (κ2) is 7.53. The van der Waals surface area contributed by atoms with Crippen LogP contribution >= 0.6 is 11.8 Å². The molecule has 0 unspecified atom stereocenters. The average molecular weight is 369 g/mol. The predicted molar refractivity (Wildman–Crippen MR) is 103 cm³/mol. The molecule has 0 saturated carbocycles. The topological polar surface area (TPSA) is 66.8 Å². The van der Waals surface area contributed by atoms with Gasteiger partial charge < -0.3 is 14.5 Å². The molecule has 0 spiro atoms. The molecular weight excluding hydrogens is 346 g/mol. The van der Waals surface area contributed by atoms with E-state index in [1.807, 2.05) is 23.5 Å². The Bertz CT molecular complexity index is 889. The molecule has 7 heteroatoms. The first-order chi connectivity index (χ1) is 12.7. The first-order valence-corrected chi connectivity index (χ1v) is 9.98. The molecule has 1 atom stereocenters. The van der Waals surface area contributed by atoms with Gasteiger partial charge in [-0.1, -0.05) is 17.8 Å². The van der Waals surface area contributed by atoms with E-state index >= 15 is 0 Å². The lowest BCUT2D eigenvalue weighted by atomic mass is 9.98. The zero-order valence-electron chi connectivity index (χ0n) is 14.9. The number of hydrogen-bond donors (Lipinski definition) is 1. The average Bonchev–Trinajstić information content (AvgIpc) is 3.28. The molecule has 6 nitrogen and oxygen atoms in total. The van der Waals surface area contributed by atoms with Gasteiger partial charge in [-0.05, 0) is 43.4 Å². The van der Waals surface area contributed by atoms with E-state index in [0.717, 1.165) is 48.7 Å². The third-order valence-corrected chi connectivity index (χ3v) is 5.71. The number of aromatic nitrogens is 4. The number of rotatable bonds is 5. The number of aryl methyl sites for hydroxylation is 1. The number of H-pyrrole nitrogens is 1. The van der Waals surface area contributed by atoms with E-state index in [-0.39, 0.29) is 5.91 Å². The molecule has 3 aromatic rings. The molecule has 1 fully saturated rings. The fraction of sp³-hybridized carbons (Fsp3) is 0.421. The van der Waals surface area contributed by atoms with Crippen molar-refractivity contribution >= 4 is 28.7 Å². The zero-order valence-corrected chi connectivity index (χ0v) is 15.7. The second-order valence-corrected chi connectivity index (χ2v) is 7.92. The van der Waals surface area contributed by atoms with E-state index < -0.39 is 0 Å². The molecule has 0 bridgehead atoms. The molecule has 0 radical (unpaired) electrons. The number of nitrogens with zero attached hydrogens (tertiary/aromatic N) is 4. The van der Waals surface area contributed by atoms with Gasteiger partial charge in [0.1, 0.15) is 0 Å². The van der Waals surface area contributed by atoms with Crippen LogP contribution in [0.15, 0.2) is 42.1 Å². The number of imidazole rings is 2. The molecule has 4 rings (SSSR count). The summed E-state index contributed by atoms with van der Waals surface area (Å²) in [6, 6.07) is 6.15. The fourth-order valence-electron chi connectivity index (χ4n) is 3.52. The van der Waals surface area contributed by atoms with E-state index in [9.17, 15) is 4.79 Å². The van der Waals surface area contributed by atoms with Gasteiger partial charge in [0.2, 0.25) is 5.91 Å². The molecular formula is C19H23N5OS. The molecule has 3 heterocycles. The van der Waals surface area contributed by atoms with E-state index in [2.05, 4.69) is 38.6 Å². The summed E-state index contributed by atoms with van der Waals surface area (Å²) in [6.45, 7) is 4.68. The van der Waals surface area contributed by atoms with E-state index in [1.165, 1.54) is 17.3 Å². The summed E-state index contributed by atoms with van der Waals surface area (Å²) in [5, 5.41) is 0.811. The van der Waals surface area contributed by atoms with Crippen molar-refractivity contribution in [1.29, 1.82) is 0 Å². The van der Waals surface area contributed by atoms with E-state index in [4.69, 9.17) is 0 Å². The quantitative estimate of drug-likeness (QED) is 0.702. The van der Waals surface area contributed by atoms with Gasteiger partial charge in [0.05, 0.1) is 23.1 Å². The molecule has 0 aliphatic carbocycles. The van der Waals surface area contributed by atoms with Gasteiger partial charge in [-0.25, -0.2) is 9.97 Å². The number of nitrogens with one attached hydrogen (secondary N) is 1. The van der Waals surface area contributed by atoms with Gasteiger partial charge >= 0.3 is 0 Å². The minimum absolute atomic E-state index is 0.196. The van der Waals surface area contributed by atoms with Gasteiger partial charge in [-0.2, -0.15) is 0 Å². The van der Waals surface area contributed by atoms with E-state index in [0.29, 0.717) is 11.7 Å². The molecule has 1 N–H and O–H groups in total. The Morgan fingerprint density at radius 1 is 1.42 bits per heavy atom. The molecule has 1 aromatic carbocycles. The Labute approximate surface area is 157 Å². The zero-order chi connectivity index (χ0) is 17.9. The molecule has 1 amide bonds. The van der Waals surface area contributed by atoms with Crippen LogP contribution in [-0.2, 0) is 11.3 Å². The Morgan fingerprint density at radius 3 is 3.19 bits per heavy atom. The number of piperidine rings is 1. The lowest BCUT2D eigenvalue weighted by Gasteiger charge is -2.32. The molecule has 1 aliphatic heterocycles. The fourth-order valence-corrected chi connectivity index (χ4v) is 4.31. The monoisotopic (exact) mass is 369 g/mol. The lowest BCUT2D eigenvalue weighted by Crippen LogP contribution is -2.41. The number of aromatic amines is 1. The largest absolute Gasteiger partial charge is 0.342 e. The van der Waals surface area contributed by atoms with Crippen molar-refractivity contribution in [2.75, 3.05) is 18.8 Å². The minimum Gasteiger partial charge on any atom is -0.342 e. The van der Waals surface area contributed by atoms with Crippen LogP contribution in [0.3, 0.4) is 0 Å². The molecule has 2 aromatic heterocycles. The number of carbonyl (C=O) groups excluding carboxylic acids is 1. The number of amides is 1. The van der Waals surface area contributed by atoms with Gasteiger partial charge in [0.15, 0.2) is 5.16 Å². The van der Waals surface area contributed by atoms with Crippen LogP contribution in [0.4, 0.5) is 0 Å². The maximum absolute atomic E-state index is 12.6. The highest BCUT2D eigenvalue weighted by Crippen LogP contribution is 2.23. The smallest absolute Gasteiger partial charge is 0.233 e. The summed E-state index contributed by atoms with van der Waals surface area (Å²) in [5.74, 6) is 1.12. The number of likely N-dealkylation sites (tertiary alicyclic amines) is 1. The summed E-state index contributed by atoms with van der Waals surface area (Å²) >= 11 is 1.49. The maximum Gasteiger partial charge on any atom is 0.233 e. The highest BCUT2D eigenvalue weighted by molar-refractivity contribution is 7.99. The standard InChI is InChI=1S/C19H23N5OS/c1-14-4-5-16-17(9-14)22-19(21-16)26-12-18(25)24-7-2-3-15(11-24)10-23-8-6-20-13-23/h4-6,8-9,13,15H,2-3,7,10-12H2,1H3,(H,21,22)/t15-/m1/s1. The van der Waals surface area contributed by atoms with Crippen LogP contribution in [0.5, 0.6) is 0 Å². The number of hydrogen-bond acceptors (Lipinski definition) is 4. The summed E-state index contributed by atoms with van der Waals surface area (Å²) in [7, 11) is 0. The number of carbonyl (C=O) groups is 1. The van der Waals surface area contributed by atoms with Gasteiger partial charge in [0, 0.05) is 32.0 Å². The summed E-state index contributed by atoms with van der Waals surface area (Å²) in [4.78, 5) is 26.6. The maximum atomic E-state index is 12.6. The normalized spacial score (nSPS) is 17.7. The van der Waals surface area contributed by atoms with Crippen LogP contribution in [0.25, 0.3) is 11.0 Å². The number of benzene rings is 1. The molecule has 26 heavy (non-hydrogen) atoms. The van der Waals surface area contributed by atoms with Crippen molar-refractivity contribution < 1.29 is 4.79 Å². The van der Waals surface area contributed by atoms with Crippen LogP contribution in [-0.4, -0.2) is 49.2 Å². The van der Waals surface area contributed by atoms with Crippen molar-refractivity contribution in [3.63, 3.8) is 0 Å². The first-order valence-electron chi connectivity index (χ1n) is 9.00. The summed E-state index contributed by atoms with van der Waals surface area (Å²) in [6.07, 6.45) is 7.87. The minimum atomic E-state index is 0.196. The Morgan fingerprint density at radius 2 is 2.35 bits per heavy atom. The van der Waals surface area contributed by atoms with Crippen molar-refractivity contribution in [3.8, 4) is 0 Å². The summed E-state index contributed by atoms with van der Waals surface area (Å²) < 4.78 is 2.10. The Balaban J connectivity index is 1.33. The van der Waals surface area contributed by atoms with Gasteiger partial charge in [-0.3, -0.25) is 4.79 Å². The van der Waals surface area contributed by atoms with Crippen molar-refractivity contribution in [3.05, 3.63) is 42.5 Å². The van der Waals surface area contributed by atoms with Crippen molar-refractivity contribution in [1.82, 2.24) is 24.4 Å². The number of fused-ring (bicyclic) bond motifs is 1. The Hall–Kier alpha value is -2.28. The van der Waals surface area contributed by atoms with Crippen molar-refractivity contribution in [2.45, 2.75) is 31.5 Å². The van der Waals surface area contributed by atoms with Crippen molar-refractivity contribution in [2.24, 2.45) is 5.92 Å². The first kappa shape index (κ1) is 17.1. The van der Waals surface area contributed by atoms with Gasteiger partial charge in [0.25, 0.3) is 0 Å². The van der Waals surface area contributed by atoms with Gasteiger partial charge in [-0.15, -0.1) is 0 Å². The second-order valence-electron chi connectivity index (χ2n) is 6.96. The van der Waals surface area contributed by atoms with Crippen LogP contribution in [0.1, 0.15) is 18.4 Å². The Kier molecular flexibility index (Phi) is 4.97. The van der Waals surface area contributed by atoms with Crippen LogP contribution in [0.2, 0.25) is 0 Å². The van der Waals surface area contributed by atoms with E-state index in [1.54, 1.807) is 6.20 Å². The SMILES string of the molecule is Cc1ccc2nc(SCC(=O)N3CCC[C@H](Cn4ccnc4)C3)[nH]c2c1. The third-order valence-electron chi connectivity index (χ3n) is 4.85. The number of thioether (sulfide) groups is 1. The highest BCUT2D eigenvalue weighted by Gasteiger charge is 2.24. The molecule has 136 valence electrons. The summed E-state index contributed by atoms with van der Waals surface area (Å²) in [5.41, 5.74) is 3.17. The van der Waals surface area contributed by atoms with Crippen LogP contribution < -0.4 is 0 Å². The molecule has 1 aliphatic rings. The highest BCUT2D eigenvalue weighted by atomic mass is 32.2. The predicted octanol–water partition coefficient (Wildman–Crippen LogP) is 3.10. The lowest BCUT2D eigenvalue weighted by molar-refractivity contribution is -0.130. The molecule has 1 saturated heterocycles. The third kappa shape index (κ3) is 3.93.